The molecule has 25 heavy (non-hydrogen) atoms. The van der Waals surface area contributed by atoms with Crippen LogP contribution in [0.3, 0.4) is 0 Å². The van der Waals surface area contributed by atoms with Gasteiger partial charge in [-0.15, -0.1) is 0 Å². The van der Waals surface area contributed by atoms with E-state index in [1.807, 2.05) is 4.90 Å². The van der Waals surface area contributed by atoms with Crippen molar-refractivity contribution in [1.29, 1.82) is 0 Å². The second kappa shape index (κ2) is 6.03. The normalized spacial score (nSPS) is 22.6. The zero-order valence-corrected chi connectivity index (χ0v) is 15.6. The number of para-hydroxylation sites is 1. The molecule has 1 aromatic carbocycles. The van der Waals surface area contributed by atoms with E-state index >= 15 is 0 Å². The molecule has 2 aliphatic rings. The van der Waals surface area contributed by atoms with E-state index in [2.05, 4.69) is 67.8 Å². The Morgan fingerprint density at radius 2 is 2.00 bits per heavy atom. The average molecular weight is 337 g/mol. The van der Waals surface area contributed by atoms with Crippen LogP contribution in [-0.4, -0.2) is 53.0 Å². The van der Waals surface area contributed by atoms with E-state index in [0.717, 1.165) is 26.2 Å². The maximum absolute atomic E-state index is 12.9. The summed E-state index contributed by atoms with van der Waals surface area (Å²) in [5.74, 6) is 0.209. The number of aryl methyl sites for hydroxylation is 1. The number of rotatable bonds is 3. The fourth-order valence-electron chi connectivity index (χ4n) is 4.58. The minimum Gasteiger partial charge on any atom is -0.345 e. The van der Waals surface area contributed by atoms with Crippen molar-refractivity contribution in [2.24, 2.45) is 5.92 Å². The topological polar surface area (TPSA) is 28.5 Å². The predicted octanol–water partition coefficient (Wildman–Crippen LogP) is 3.15. The van der Waals surface area contributed by atoms with Gasteiger partial charge in [0.15, 0.2) is 0 Å². The van der Waals surface area contributed by atoms with E-state index in [1.54, 1.807) is 0 Å². The summed E-state index contributed by atoms with van der Waals surface area (Å²) in [6.07, 6.45) is 4.53. The SMILES string of the molecule is CCN(CC)C(=O)[C@@H]1C=C2c3cccc4c(C)cn(c34)CC2N(C)C1. The van der Waals surface area contributed by atoms with Crippen molar-refractivity contribution in [2.45, 2.75) is 33.4 Å². The van der Waals surface area contributed by atoms with Gasteiger partial charge in [-0.2, -0.15) is 0 Å². The molecule has 0 saturated carbocycles. The molecule has 0 N–H and O–H groups in total. The van der Waals surface area contributed by atoms with Gasteiger partial charge < -0.3 is 9.47 Å². The largest absolute Gasteiger partial charge is 0.345 e. The Kier molecular flexibility index (Phi) is 3.95. The highest BCUT2D eigenvalue weighted by atomic mass is 16.2. The maximum Gasteiger partial charge on any atom is 0.230 e. The van der Waals surface area contributed by atoms with E-state index in [-0.39, 0.29) is 11.8 Å². The Balaban J connectivity index is 1.82. The zero-order chi connectivity index (χ0) is 17.7. The van der Waals surface area contributed by atoms with Crippen LogP contribution < -0.4 is 0 Å². The molecule has 2 aliphatic heterocycles. The Morgan fingerprint density at radius 1 is 1.24 bits per heavy atom. The molecule has 4 rings (SSSR count). The van der Waals surface area contributed by atoms with Crippen LogP contribution in [0.4, 0.5) is 0 Å². The molecule has 0 saturated heterocycles. The molecule has 0 radical (unpaired) electrons. The van der Waals surface area contributed by atoms with Crippen molar-refractivity contribution in [3.05, 3.63) is 41.6 Å². The van der Waals surface area contributed by atoms with Crippen molar-refractivity contribution in [1.82, 2.24) is 14.4 Å². The monoisotopic (exact) mass is 337 g/mol. The van der Waals surface area contributed by atoms with Crippen LogP contribution in [0.1, 0.15) is 25.0 Å². The maximum atomic E-state index is 12.9. The molecule has 2 atom stereocenters. The van der Waals surface area contributed by atoms with Crippen LogP contribution in [0.2, 0.25) is 0 Å². The number of hydrogen-bond acceptors (Lipinski definition) is 2. The molecule has 3 heterocycles. The van der Waals surface area contributed by atoms with Crippen molar-refractivity contribution >= 4 is 22.4 Å². The van der Waals surface area contributed by atoms with E-state index in [9.17, 15) is 4.79 Å². The molecule has 132 valence electrons. The highest BCUT2D eigenvalue weighted by molar-refractivity contribution is 5.97. The van der Waals surface area contributed by atoms with Gasteiger partial charge in [0.25, 0.3) is 0 Å². The number of hydrogen-bond donors (Lipinski definition) is 0. The summed E-state index contributed by atoms with van der Waals surface area (Å²) in [7, 11) is 2.15. The van der Waals surface area contributed by atoms with Crippen LogP contribution in [-0.2, 0) is 11.3 Å². The van der Waals surface area contributed by atoms with E-state index < -0.39 is 0 Å². The summed E-state index contributed by atoms with van der Waals surface area (Å²) in [5, 5.41) is 1.33. The van der Waals surface area contributed by atoms with Gasteiger partial charge in [-0.05, 0) is 39.0 Å². The molecule has 4 nitrogen and oxygen atoms in total. The van der Waals surface area contributed by atoms with Gasteiger partial charge in [-0.3, -0.25) is 9.69 Å². The first-order chi connectivity index (χ1) is 12.0. The molecular weight excluding hydrogens is 310 g/mol. The van der Waals surface area contributed by atoms with Crippen LogP contribution in [0.15, 0.2) is 30.5 Å². The fourth-order valence-corrected chi connectivity index (χ4v) is 4.58. The quantitative estimate of drug-likeness (QED) is 0.861. The van der Waals surface area contributed by atoms with Crippen LogP contribution in [0.25, 0.3) is 16.5 Å². The number of carbonyl (C=O) groups is 1. The summed E-state index contributed by atoms with van der Waals surface area (Å²) >= 11 is 0. The van der Waals surface area contributed by atoms with Gasteiger partial charge >= 0.3 is 0 Å². The summed E-state index contributed by atoms with van der Waals surface area (Å²) in [6.45, 7) is 9.62. The first-order valence-electron chi connectivity index (χ1n) is 9.34. The third-order valence-electron chi connectivity index (χ3n) is 5.93. The van der Waals surface area contributed by atoms with Gasteiger partial charge in [0.05, 0.1) is 17.5 Å². The average Bonchev–Trinajstić information content (AvgIpc) is 2.94. The molecule has 1 unspecified atom stereocenters. The molecule has 0 bridgehead atoms. The lowest BCUT2D eigenvalue weighted by molar-refractivity contribution is -0.134. The number of amides is 1. The summed E-state index contributed by atoms with van der Waals surface area (Å²) in [6, 6.07) is 6.92. The highest BCUT2D eigenvalue weighted by Crippen LogP contribution is 2.39. The zero-order valence-electron chi connectivity index (χ0n) is 15.6. The predicted molar refractivity (Wildman–Crippen MR) is 102 cm³/mol. The third-order valence-corrected chi connectivity index (χ3v) is 5.93. The lowest BCUT2D eigenvalue weighted by atomic mass is 9.85. The minimum atomic E-state index is -0.0472. The number of benzene rings is 1. The first kappa shape index (κ1) is 16.4. The van der Waals surface area contributed by atoms with Gasteiger partial charge in [0.2, 0.25) is 5.91 Å². The number of aromatic nitrogens is 1. The first-order valence-corrected chi connectivity index (χ1v) is 9.34. The van der Waals surface area contributed by atoms with Gasteiger partial charge in [-0.1, -0.05) is 24.3 Å². The van der Waals surface area contributed by atoms with E-state index in [1.165, 1.54) is 27.6 Å². The molecular formula is C21H27N3O. The van der Waals surface area contributed by atoms with Gasteiger partial charge in [0.1, 0.15) is 0 Å². The molecule has 1 amide bonds. The second-order valence-corrected chi connectivity index (χ2v) is 7.36. The molecule has 2 aromatic rings. The van der Waals surface area contributed by atoms with Gasteiger partial charge in [0, 0.05) is 43.3 Å². The third kappa shape index (κ3) is 2.43. The summed E-state index contributed by atoms with van der Waals surface area (Å²) in [5.41, 5.74) is 5.28. The molecule has 0 aliphatic carbocycles. The Labute approximate surface area is 149 Å². The number of fused-ring (bicyclic) bond motifs is 2. The standard InChI is InChI=1S/C21H27N3O/c1-5-23(6-2)21(25)15-10-18-17-9-7-8-16-14(3)11-24(20(16)17)13-19(18)22(4)12-15/h7-11,15,19H,5-6,12-13H2,1-4H3/t15-,19?/m1/s1. The van der Waals surface area contributed by atoms with Crippen molar-refractivity contribution < 1.29 is 4.79 Å². The molecule has 0 spiro atoms. The van der Waals surface area contributed by atoms with Crippen molar-refractivity contribution in [3.8, 4) is 0 Å². The van der Waals surface area contributed by atoms with Crippen LogP contribution in [0, 0.1) is 12.8 Å². The number of likely N-dealkylation sites (N-methyl/N-ethyl adjacent to an activating group) is 1. The lowest BCUT2D eigenvalue weighted by Crippen LogP contribution is -2.48. The van der Waals surface area contributed by atoms with Crippen molar-refractivity contribution in [2.75, 3.05) is 26.7 Å². The molecule has 0 fully saturated rings. The molecule has 1 aromatic heterocycles. The van der Waals surface area contributed by atoms with Crippen LogP contribution in [0.5, 0.6) is 0 Å². The van der Waals surface area contributed by atoms with Crippen LogP contribution >= 0.6 is 0 Å². The van der Waals surface area contributed by atoms with E-state index in [0.29, 0.717) is 6.04 Å². The van der Waals surface area contributed by atoms with E-state index in [4.69, 9.17) is 0 Å². The number of carbonyl (C=O) groups excluding carboxylic acids is 1. The second-order valence-electron chi connectivity index (χ2n) is 7.36. The minimum absolute atomic E-state index is 0.0472. The lowest BCUT2D eigenvalue weighted by Gasteiger charge is -2.41. The molecule has 4 heteroatoms. The highest BCUT2D eigenvalue weighted by Gasteiger charge is 2.36. The smallest absolute Gasteiger partial charge is 0.230 e. The Bertz CT molecular complexity index is 859. The Hall–Kier alpha value is -2.07. The fraction of sp³-hybridized carbons (Fsp3) is 0.476. The van der Waals surface area contributed by atoms with Gasteiger partial charge in [-0.25, -0.2) is 0 Å². The Morgan fingerprint density at radius 3 is 2.72 bits per heavy atom. The summed E-state index contributed by atoms with van der Waals surface area (Å²) in [4.78, 5) is 17.2. The summed E-state index contributed by atoms with van der Waals surface area (Å²) < 4.78 is 2.39. The number of nitrogens with zero attached hydrogens (tertiary/aromatic N) is 3. The van der Waals surface area contributed by atoms with Crippen molar-refractivity contribution in [3.63, 3.8) is 0 Å².